The van der Waals surface area contributed by atoms with Gasteiger partial charge in [-0.1, -0.05) is 18.2 Å². The number of rotatable bonds is 3. The van der Waals surface area contributed by atoms with Crippen LogP contribution in [0.25, 0.3) is 0 Å². The van der Waals surface area contributed by atoms with Crippen LogP contribution in [0.15, 0.2) is 40.9 Å². The van der Waals surface area contributed by atoms with Gasteiger partial charge in [0, 0.05) is 12.0 Å². The maximum absolute atomic E-state index is 13.7. The van der Waals surface area contributed by atoms with Gasteiger partial charge in [0.25, 0.3) is 0 Å². The summed E-state index contributed by atoms with van der Waals surface area (Å²) in [4.78, 5) is 0. The van der Waals surface area contributed by atoms with Crippen molar-refractivity contribution < 1.29 is 13.9 Å². The third kappa shape index (κ3) is 3.39. The quantitative estimate of drug-likeness (QED) is 0.891. The lowest BCUT2D eigenvalue weighted by atomic mass is 10.00. The number of aryl methyl sites for hydroxylation is 1. The minimum atomic E-state index is -0.946. The molecule has 0 bridgehead atoms. The zero-order chi connectivity index (χ0) is 14.0. The smallest absolute Gasteiger partial charge is 0.137 e. The van der Waals surface area contributed by atoms with E-state index >= 15 is 0 Å². The van der Waals surface area contributed by atoms with Crippen LogP contribution in [0.3, 0.4) is 0 Å². The first kappa shape index (κ1) is 14.2. The molecule has 1 atom stereocenters. The molecule has 1 N–H and O–H groups in total. The average Bonchev–Trinajstić information content (AvgIpc) is 2.33. The Kier molecular flexibility index (Phi) is 4.32. The molecule has 2 aromatic rings. The van der Waals surface area contributed by atoms with E-state index in [1.807, 2.05) is 0 Å². The molecule has 0 aromatic heterocycles. The van der Waals surface area contributed by atoms with Crippen LogP contribution in [-0.2, 0) is 6.42 Å². The van der Waals surface area contributed by atoms with Crippen molar-refractivity contribution in [3.05, 3.63) is 69.2 Å². The van der Waals surface area contributed by atoms with Crippen LogP contribution in [0.1, 0.15) is 22.8 Å². The summed E-state index contributed by atoms with van der Waals surface area (Å²) >= 11 is 3.09. The molecule has 0 heterocycles. The Balaban J connectivity index is 2.20. The van der Waals surface area contributed by atoms with Crippen molar-refractivity contribution in [2.45, 2.75) is 19.4 Å². The lowest BCUT2D eigenvalue weighted by Gasteiger charge is -2.13. The molecule has 0 fully saturated rings. The summed E-state index contributed by atoms with van der Waals surface area (Å²) in [5, 5.41) is 10.1. The summed E-state index contributed by atoms with van der Waals surface area (Å²) in [6.07, 6.45) is -0.711. The predicted molar refractivity (Wildman–Crippen MR) is 73.9 cm³/mol. The summed E-state index contributed by atoms with van der Waals surface area (Å²) in [5.41, 5.74) is 1.80. The molecule has 0 aliphatic heterocycles. The molecule has 100 valence electrons. The van der Waals surface area contributed by atoms with Crippen molar-refractivity contribution in [3.8, 4) is 0 Å². The normalized spacial score (nSPS) is 12.5. The maximum atomic E-state index is 13.7. The van der Waals surface area contributed by atoms with E-state index in [9.17, 15) is 13.9 Å². The second-order valence-corrected chi connectivity index (χ2v) is 5.35. The van der Waals surface area contributed by atoms with Gasteiger partial charge in [0.1, 0.15) is 11.6 Å². The molecule has 2 rings (SSSR count). The standard InChI is InChI=1S/C15H13BrF2O/c1-9-2-4-11(14(18)6-9)15(19)8-10-3-5-13(17)12(16)7-10/h2-7,15,19H,8H2,1H3. The van der Waals surface area contributed by atoms with E-state index in [1.54, 1.807) is 31.2 Å². The molecule has 2 aromatic carbocycles. The molecule has 4 heteroatoms. The van der Waals surface area contributed by atoms with Crippen molar-refractivity contribution in [2.24, 2.45) is 0 Å². The van der Waals surface area contributed by atoms with Crippen molar-refractivity contribution in [2.75, 3.05) is 0 Å². The number of aliphatic hydroxyl groups excluding tert-OH is 1. The van der Waals surface area contributed by atoms with E-state index in [-0.39, 0.29) is 17.8 Å². The van der Waals surface area contributed by atoms with E-state index in [4.69, 9.17) is 0 Å². The maximum Gasteiger partial charge on any atom is 0.137 e. The van der Waals surface area contributed by atoms with E-state index < -0.39 is 11.9 Å². The molecule has 1 nitrogen and oxygen atoms in total. The number of benzene rings is 2. The fraction of sp³-hybridized carbons (Fsp3) is 0.200. The van der Waals surface area contributed by atoms with Crippen LogP contribution < -0.4 is 0 Å². The Hall–Kier alpha value is -1.26. The highest BCUT2D eigenvalue weighted by atomic mass is 79.9. The summed E-state index contributed by atoms with van der Waals surface area (Å²) in [6, 6.07) is 9.20. The lowest BCUT2D eigenvalue weighted by Crippen LogP contribution is -2.05. The second-order valence-electron chi connectivity index (χ2n) is 4.49. The average molecular weight is 327 g/mol. The number of hydrogen-bond donors (Lipinski definition) is 1. The van der Waals surface area contributed by atoms with E-state index in [0.29, 0.717) is 4.47 Å². The van der Waals surface area contributed by atoms with Gasteiger partial charge in [-0.2, -0.15) is 0 Å². The molecular formula is C15H13BrF2O. The Labute approximate surface area is 119 Å². The first-order chi connectivity index (χ1) is 8.97. The molecule has 0 saturated carbocycles. The van der Waals surface area contributed by atoms with Gasteiger partial charge in [-0.05, 0) is 52.2 Å². The van der Waals surface area contributed by atoms with Crippen molar-refractivity contribution >= 4 is 15.9 Å². The second kappa shape index (κ2) is 5.80. The van der Waals surface area contributed by atoms with Gasteiger partial charge in [0.05, 0.1) is 10.6 Å². The lowest BCUT2D eigenvalue weighted by molar-refractivity contribution is 0.173. The monoisotopic (exact) mass is 326 g/mol. The molecule has 0 aliphatic rings. The third-order valence-electron chi connectivity index (χ3n) is 2.93. The Bertz CT molecular complexity index is 599. The van der Waals surface area contributed by atoms with Gasteiger partial charge in [-0.15, -0.1) is 0 Å². The highest BCUT2D eigenvalue weighted by molar-refractivity contribution is 9.10. The van der Waals surface area contributed by atoms with E-state index in [2.05, 4.69) is 15.9 Å². The SMILES string of the molecule is Cc1ccc(C(O)Cc2ccc(F)c(Br)c2)c(F)c1. The van der Waals surface area contributed by atoms with E-state index in [0.717, 1.165) is 11.1 Å². The molecule has 0 amide bonds. The van der Waals surface area contributed by atoms with Crippen molar-refractivity contribution in [1.29, 1.82) is 0 Å². The van der Waals surface area contributed by atoms with Crippen molar-refractivity contribution in [3.63, 3.8) is 0 Å². The molecule has 0 saturated heterocycles. The first-order valence-corrected chi connectivity index (χ1v) is 6.64. The summed E-state index contributed by atoms with van der Waals surface area (Å²) < 4.78 is 27.2. The topological polar surface area (TPSA) is 20.2 Å². The van der Waals surface area contributed by atoms with Crippen LogP contribution in [-0.4, -0.2) is 5.11 Å². The van der Waals surface area contributed by atoms with Gasteiger partial charge in [-0.25, -0.2) is 8.78 Å². The molecular weight excluding hydrogens is 314 g/mol. The van der Waals surface area contributed by atoms with Gasteiger partial charge < -0.3 is 5.11 Å². The Morgan fingerprint density at radius 1 is 1.11 bits per heavy atom. The first-order valence-electron chi connectivity index (χ1n) is 5.85. The zero-order valence-electron chi connectivity index (χ0n) is 10.3. The summed E-state index contributed by atoms with van der Waals surface area (Å²) in [6.45, 7) is 1.79. The zero-order valence-corrected chi connectivity index (χ0v) is 11.9. The van der Waals surface area contributed by atoms with Crippen LogP contribution in [0.2, 0.25) is 0 Å². The predicted octanol–water partition coefficient (Wildman–Crippen LogP) is 4.31. The van der Waals surface area contributed by atoms with Crippen LogP contribution in [0.4, 0.5) is 8.78 Å². The minimum Gasteiger partial charge on any atom is -0.388 e. The van der Waals surface area contributed by atoms with Gasteiger partial charge in [0.15, 0.2) is 0 Å². The molecule has 0 radical (unpaired) electrons. The third-order valence-corrected chi connectivity index (χ3v) is 3.54. The van der Waals surface area contributed by atoms with Crippen LogP contribution in [0.5, 0.6) is 0 Å². The summed E-state index contributed by atoms with van der Waals surface area (Å²) in [5.74, 6) is -0.784. The molecule has 0 aliphatic carbocycles. The Morgan fingerprint density at radius 3 is 2.47 bits per heavy atom. The highest BCUT2D eigenvalue weighted by Gasteiger charge is 2.14. The van der Waals surface area contributed by atoms with Gasteiger partial charge >= 0.3 is 0 Å². The summed E-state index contributed by atoms with van der Waals surface area (Å²) in [7, 11) is 0. The molecule has 0 spiro atoms. The minimum absolute atomic E-state index is 0.235. The molecule has 19 heavy (non-hydrogen) atoms. The number of halogens is 3. The number of hydrogen-bond acceptors (Lipinski definition) is 1. The largest absolute Gasteiger partial charge is 0.388 e. The fourth-order valence-corrected chi connectivity index (χ4v) is 2.33. The van der Waals surface area contributed by atoms with Gasteiger partial charge in [-0.3, -0.25) is 0 Å². The van der Waals surface area contributed by atoms with E-state index in [1.165, 1.54) is 12.1 Å². The van der Waals surface area contributed by atoms with Crippen LogP contribution >= 0.6 is 15.9 Å². The number of aliphatic hydroxyl groups is 1. The van der Waals surface area contributed by atoms with Crippen LogP contribution in [0, 0.1) is 18.6 Å². The highest BCUT2D eigenvalue weighted by Crippen LogP contribution is 2.24. The fourth-order valence-electron chi connectivity index (χ4n) is 1.90. The van der Waals surface area contributed by atoms with Gasteiger partial charge in [0.2, 0.25) is 0 Å². The van der Waals surface area contributed by atoms with Crippen molar-refractivity contribution in [1.82, 2.24) is 0 Å². The Morgan fingerprint density at radius 2 is 1.84 bits per heavy atom. The molecule has 1 unspecified atom stereocenters.